The van der Waals surface area contributed by atoms with Gasteiger partial charge >= 0.3 is 0 Å². The van der Waals surface area contributed by atoms with Gasteiger partial charge < -0.3 is 14.9 Å². The van der Waals surface area contributed by atoms with E-state index >= 15 is 0 Å². The van der Waals surface area contributed by atoms with Crippen molar-refractivity contribution in [3.05, 3.63) is 30.1 Å². The highest BCUT2D eigenvalue weighted by Crippen LogP contribution is 2.27. The third kappa shape index (κ3) is 5.25. The second kappa shape index (κ2) is 9.30. The van der Waals surface area contributed by atoms with Crippen LogP contribution in [0.4, 0.5) is 0 Å². The van der Waals surface area contributed by atoms with E-state index < -0.39 is 6.61 Å². The number of pyridine rings is 1. The van der Waals surface area contributed by atoms with Crippen LogP contribution in [-0.4, -0.2) is 58.1 Å². The number of hydrogen-bond acceptors (Lipinski definition) is 4. The first-order valence-electron chi connectivity index (χ1n) is 9.78. The molecule has 138 valence electrons. The van der Waals surface area contributed by atoms with Gasteiger partial charge in [-0.2, -0.15) is 0 Å². The van der Waals surface area contributed by atoms with E-state index in [1.165, 1.54) is 51.5 Å². The van der Waals surface area contributed by atoms with E-state index in [0.717, 1.165) is 24.7 Å². The van der Waals surface area contributed by atoms with E-state index in [9.17, 15) is 9.90 Å². The fourth-order valence-electron chi connectivity index (χ4n) is 4.40. The lowest BCUT2D eigenvalue weighted by atomic mass is 9.90. The largest absolute Gasteiger partial charge is 0.387 e. The van der Waals surface area contributed by atoms with Gasteiger partial charge in [0.25, 0.3) is 0 Å². The predicted octanol–water partition coefficient (Wildman–Crippen LogP) is 2.45. The normalized spacial score (nSPS) is 22.7. The fraction of sp³-hybridized carbons (Fsp3) is 0.700. The number of nitrogens with zero attached hydrogens (tertiary/aromatic N) is 3. The van der Waals surface area contributed by atoms with Crippen LogP contribution in [0, 0.1) is 5.92 Å². The van der Waals surface area contributed by atoms with Crippen molar-refractivity contribution in [1.82, 2.24) is 14.8 Å². The molecular weight excluding hydrogens is 314 g/mol. The maximum atomic E-state index is 12.2. The van der Waals surface area contributed by atoms with Gasteiger partial charge in [-0.15, -0.1) is 0 Å². The minimum atomic E-state index is -0.417. The van der Waals surface area contributed by atoms with Crippen molar-refractivity contribution in [2.24, 2.45) is 5.92 Å². The number of piperidine rings is 1. The third-order valence-corrected chi connectivity index (χ3v) is 5.70. The Kier molecular flexibility index (Phi) is 6.82. The van der Waals surface area contributed by atoms with Crippen LogP contribution in [0.2, 0.25) is 0 Å². The van der Waals surface area contributed by atoms with Gasteiger partial charge in [0.1, 0.15) is 6.61 Å². The molecule has 1 atom stereocenters. The van der Waals surface area contributed by atoms with Crippen molar-refractivity contribution in [3.63, 3.8) is 0 Å². The summed E-state index contributed by atoms with van der Waals surface area (Å²) in [6.07, 6.45) is 12.7. The molecule has 0 unspecified atom stereocenters. The molecule has 3 rings (SSSR count). The number of aromatic nitrogens is 1. The van der Waals surface area contributed by atoms with Crippen LogP contribution in [0.3, 0.4) is 0 Å². The number of aliphatic hydroxyl groups is 1. The van der Waals surface area contributed by atoms with Crippen LogP contribution >= 0.6 is 0 Å². The van der Waals surface area contributed by atoms with Crippen LogP contribution in [0.15, 0.2) is 24.5 Å². The van der Waals surface area contributed by atoms with E-state index in [-0.39, 0.29) is 5.91 Å². The summed E-state index contributed by atoms with van der Waals surface area (Å²) in [5.41, 5.74) is 1.02. The Labute approximate surface area is 151 Å². The lowest BCUT2D eigenvalue weighted by Gasteiger charge is -2.41. The van der Waals surface area contributed by atoms with Crippen LogP contribution in [0.5, 0.6) is 0 Å². The molecule has 0 bridgehead atoms. The van der Waals surface area contributed by atoms with Crippen molar-refractivity contribution in [2.45, 2.75) is 57.5 Å². The zero-order chi connectivity index (χ0) is 17.5. The summed E-state index contributed by atoms with van der Waals surface area (Å²) in [7, 11) is 0. The van der Waals surface area contributed by atoms with E-state index in [0.29, 0.717) is 12.5 Å². The molecule has 1 saturated carbocycles. The lowest BCUT2D eigenvalue weighted by Crippen LogP contribution is -2.47. The molecule has 0 radical (unpaired) electrons. The Balaban J connectivity index is 1.59. The Bertz CT molecular complexity index is 531. The molecule has 0 spiro atoms. The number of aliphatic hydroxyl groups excluding tert-OH is 1. The molecule has 2 heterocycles. The molecule has 1 N–H and O–H groups in total. The molecule has 5 heteroatoms. The minimum Gasteiger partial charge on any atom is -0.387 e. The Morgan fingerprint density at radius 3 is 2.80 bits per heavy atom. The summed E-state index contributed by atoms with van der Waals surface area (Å²) < 4.78 is 0. The van der Waals surface area contributed by atoms with Crippen molar-refractivity contribution in [3.8, 4) is 0 Å². The lowest BCUT2D eigenvalue weighted by molar-refractivity contribution is -0.135. The highest BCUT2D eigenvalue weighted by Gasteiger charge is 2.28. The van der Waals surface area contributed by atoms with E-state index in [4.69, 9.17) is 0 Å². The summed E-state index contributed by atoms with van der Waals surface area (Å²) in [5, 5.41) is 9.35. The van der Waals surface area contributed by atoms with Crippen molar-refractivity contribution in [2.75, 3.05) is 26.2 Å². The summed E-state index contributed by atoms with van der Waals surface area (Å²) in [6, 6.07) is 4.62. The first-order chi connectivity index (χ1) is 12.3. The zero-order valence-electron chi connectivity index (χ0n) is 15.1. The number of carbonyl (C=O) groups is 1. The van der Waals surface area contributed by atoms with E-state index in [1.54, 1.807) is 12.4 Å². The highest BCUT2D eigenvalue weighted by atomic mass is 16.3. The van der Waals surface area contributed by atoms with Gasteiger partial charge in [-0.25, -0.2) is 0 Å². The fourth-order valence-corrected chi connectivity index (χ4v) is 4.40. The standard InChI is InChI=1S/C20H31N3O2/c24-16-20(25)23(13-17-6-4-10-21-12-17)15-18-7-5-11-22(14-18)19-8-2-1-3-9-19/h4,6,10,12,18-19,24H,1-3,5,7-9,11,13-16H2/t18-/m0/s1. The number of likely N-dealkylation sites (tertiary alicyclic amines) is 1. The SMILES string of the molecule is O=C(CO)N(Cc1cccnc1)C[C@H]1CCCN(C2CCCCC2)C1. The smallest absolute Gasteiger partial charge is 0.248 e. The molecule has 1 aliphatic heterocycles. The number of hydrogen-bond donors (Lipinski definition) is 1. The monoisotopic (exact) mass is 345 g/mol. The summed E-state index contributed by atoms with van der Waals surface area (Å²) in [4.78, 5) is 20.8. The second-order valence-electron chi connectivity index (χ2n) is 7.59. The summed E-state index contributed by atoms with van der Waals surface area (Å²) >= 11 is 0. The van der Waals surface area contributed by atoms with Crippen molar-refractivity contribution in [1.29, 1.82) is 0 Å². The predicted molar refractivity (Wildman–Crippen MR) is 97.9 cm³/mol. The van der Waals surface area contributed by atoms with E-state index in [2.05, 4.69) is 9.88 Å². The molecule has 0 aromatic carbocycles. The van der Waals surface area contributed by atoms with Crippen molar-refractivity contribution >= 4 is 5.91 Å². The molecule has 1 aromatic rings. The summed E-state index contributed by atoms with van der Waals surface area (Å²) in [5.74, 6) is 0.321. The van der Waals surface area contributed by atoms with Crippen molar-refractivity contribution < 1.29 is 9.90 Å². The van der Waals surface area contributed by atoms with Gasteiger partial charge in [0.2, 0.25) is 5.91 Å². The molecule has 1 aliphatic carbocycles. The number of carbonyl (C=O) groups excluding carboxylic acids is 1. The van der Waals surface area contributed by atoms with Crippen LogP contribution < -0.4 is 0 Å². The van der Waals surface area contributed by atoms with Crippen LogP contribution in [0.1, 0.15) is 50.5 Å². The molecule has 5 nitrogen and oxygen atoms in total. The molecule has 2 fully saturated rings. The molecule has 1 saturated heterocycles. The minimum absolute atomic E-state index is 0.182. The average Bonchev–Trinajstić information content (AvgIpc) is 2.68. The Morgan fingerprint density at radius 1 is 1.24 bits per heavy atom. The molecule has 1 aromatic heterocycles. The van der Waals surface area contributed by atoms with Gasteiger partial charge in [-0.05, 0) is 49.8 Å². The van der Waals surface area contributed by atoms with Gasteiger partial charge in [0, 0.05) is 38.1 Å². The van der Waals surface area contributed by atoms with Crippen LogP contribution in [0.25, 0.3) is 0 Å². The maximum Gasteiger partial charge on any atom is 0.248 e. The number of amides is 1. The topological polar surface area (TPSA) is 56.7 Å². The number of rotatable bonds is 6. The van der Waals surface area contributed by atoms with Gasteiger partial charge in [-0.1, -0.05) is 25.3 Å². The average molecular weight is 345 g/mol. The highest BCUT2D eigenvalue weighted by molar-refractivity contribution is 5.77. The second-order valence-corrected chi connectivity index (χ2v) is 7.59. The Morgan fingerprint density at radius 2 is 2.08 bits per heavy atom. The van der Waals surface area contributed by atoms with E-state index in [1.807, 2.05) is 17.0 Å². The summed E-state index contributed by atoms with van der Waals surface area (Å²) in [6.45, 7) is 3.15. The molecule has 2 aliphatic rings. The molecular formula is C20H31N3O2. The first kappa shape index (κ1) is 18.3. The van der Waals surface area contributed by atoms with Crippen LogP contribution in [-0.2, 0) is 11.3 Å². The quantitative estimate of drug-likeness (QED) is 0.860. The third-order valence-electron chi connectivity index (χ3n) is 5.70. The first-order valence-corrected chi connectivity index (χ1v) is 9.78. The molecule has 1 amide bonds. The zero-order valence-corrected chi connectivity index (χ0v) is 15.1. The van der Waals surface area contributed by atoms with Gasteiger partial charge in [0.05, 0.1) is 0 Å². The Hall–Kier alpha value is -1.46. The van der Waals surface area contributed by atoms with Gasteiger partial charge in [-0.3, -0.25) is 9.78 Å². The molecule has 25 heavy (non-hydrogen) atoms. The van der Waals surface area contributed by atoms with Gasteiger partial charge in [0.15, 0.2) is 0 Å². The maximum absolute atomic E-state index is 12.2.